The van der Waals surface area contributed by atoms with E-state index in [0.717, 1.165) is 6.08 Å². The summed E-state index contributed by atoms with van der Waals surface area (Å²) in [5.41, 5.74) is 0.823. The molecule has 0 saturated carbocycles. The molecule has 0 unspecified atom stereocenters. The van der Waals surface area contributed by atoms with Gasteiger partial charge in [0.2, 0.25) is 11.2 Å². The maximum Gasteiger partial charge on any atom is 0.336 e. The summed E-state index contributed by atoms with van der Waals surface area (Å²) < 4.78 is 11.3. The first-order valence-electron chi connectivity index (χ1n) is 9.28. The van der Waals surface area contributed by atoms with Gasteiger partial charge >= 0.3 is 5.97 Å². The van der Waals surface area contributed by atoms with Gasteiger partial charge in [0, 0.05) is 23.8 Å². The molecular formula is C24H15NO6. The number of esters is 1. The van der Waals surface area contributed by atoms with Crippen LogP contribution < -0.4 is 10.2 Å². The molecule has 0 aliphatic carbocycles. The number of carbonyl (C=O) groups is 1. The van der Waals surface area contributed by atoms with Crippen molar-refractivity contribution in [3.05, 3.63) is 111 Å². The summed E-state index contributed by atoms with van der Waals surface area (Å²) >= 11 is 0. The Labute approximate surface area is 176 Å². The minimum atomic E-state index is -0.814. The van der Waals surface area contributed by atoms with E-state index in [2.05, 4.69) is 0 Å². The zero-order valence-electron chi connectivity index (χ0n) is 16.1. The lowest BCUT2D eigenvalue weighted by Crippen LogP contribution is -2.14. The highest BCUT2D eigenvalue weighted by molar-refractivity contribution is 5.91. The third kappa shape index (κ3) is 4.25. The van der Waals surface area contributed by atoms with Gasteiger partial charge in [0.1, 0.15) is 5.58 Å². The van der Waals surface area contributed by atoms with Crippen LogP contribution in [0.1, 0.15) is 5.56 Å². The summed E-state index contributed by atoms with van der Waals surface area (Å²) in [5.74, 6) is -0.897. The molecule has 152 valence electrons. The first-order valence-corrected chi connectivity index (χ1v) is 9.28. The highest BCUT2D eigenvalue weighted by Crippen LogP contribution is 2.30. The highest BCUT2D eigenvalue weighted by Gasteiger charge is 2.19. The number of nitrogens with zero attached hydrogens (tertiary/aromatic N) is 1. The Hall–Kier alpha value is -4.52. The Morgan fingerprint density at radius 2 is 1.71 bits per heavy atom. The number of carbonyl (C=O) groups excluding carboxylic acids is 1. The first-order chi connectivity index (χ1) is 15.0. The van der Waals surface area contributed by atoms with Crippen molar-refractivity contribution < 1.29 is 18.9 Å². The van der Waals surface area contributed by atoms with Crippen LogP contribution in [0.5, 0.6) is 5.75 Å². The van der Waals surface area contributed by atoms with E-state index < -0.39 is 16.3 Å². The third-order valence-electron chi connectivity index (χ3n) is 4.49. The molecule has 1 heterocycles. The number of hydrogen-bond donors (Lipinski definition) is 0. The molecule has 0 N–H and O–H groups in total. The zero-order chi connectivity index (χ0) is 21.8. The maximum absolute atomic E-state index is 13.0. The van der Waals surface area contributed by atoms with Crippen LogP contribution in [-0.4, -0.2) is 10.9 Å². The van der Waals surface area contributed by atoms with Gasteiger partial charge in [0.05, 0.1) is 10.3 Å². The van der Waals surface area contributed by atoms with Crippen LogP contribution in [-0.2, 0) is 4.79 Å². The Bertz CT molecular complexity index is 1370. The van der Waals surface area contributed by atoms with Crippen LogP contribution in [0.4, 0.5) is 5.69 Å². The zero-order valence-corrected chi connectivity index (χ0v) is 16.1. The molecule has 7 nitrogen and oxygen atoms in total. The minimum Gasteiger partial charge on any atom is -0.452 e. The summed E-state index contributed by atoms with van der Waals surface area (Å²) in [7, 11) is 0. The molecule has 0 atom stereocenters. The second-order valence-electron chi connectivity index (χ2n) is 6.56. The van der Waals surface area contributed by atoms with Gasteiger partial charge in [-0.3, -0.25) is 14.9 Å². The van der Waals surface area contributed by atoms with Crippen molar-refractivity contribution in [2.45, 2.75) is 0 Å². The third-order valence-corrected chi connectivity index (χ3v) is 4.49. The van der Waals surface area contributed by atoms with Crippen LogP contribution in [0.3, 0.4) is 0 Å². The van der Waals surface area contributed by atoms with Crippen molar-refractivity contribution in [1.29, 1.82) is 0 Å². The van der Waals surface area contributed by atoms with Gasteiger partial charge in [-0.25, -0.2) is 4.79 Å². The average Bonchev–Trinajstić information content (AvgIpc) is 2.80. The van der Waals surface area contributed by atoms with Crippen LogP contribution >= 0.6 is 0 Å². The van der Waals surface area contributed by atoms with Crippen LogP contribution in [0.2, 0.25) is 0 Å². The molecule has 0 aliphatic rings. The lowest BCUT2D eigenvalue weighted by molar-refractivity contribution is -0.384. The van der Waals surface area contributed by atoms with Crippen LogP contribution in [0, 0.1) is 10.1 Å². The predicted octanol–water partition coefficient (Wildman–Crippen LogP) is 4.99. The number of nitro groups is 1. The molecule has 4 aromatic rings. The number of nitro benzene ring substituents is 1. The van der Waals surface area contributed by atoms with Gasteiger partial charge < -0.3 is 9.15 Å². The second-order valence-corrected chi connectivity index (χ2v) is 6.56. The van der Waals surface area contributed by atoms with Crippen molar-refractivity contribution in [3.8, 4) is 17.1 Å². The number of non-ortho nitro benzene ring substituents is 1. The van der Waals surface area contributed by atoms with Gasteiger partial charge in [-0.05, 0) is 23.8 Å². The number of rotatable bonds is 5. The van der Waals surface area contributed by atoms with Crippen molar-refractivity contribution >= 4 is 28.7 Å². The SMILES string of the molecule is O=C(/C=C/c1cccc([N+](=O)[O-])c1)Oc1c(-c2ccccc2)oc2ccccc2c1=O. The largest absolute Gasteiger partial charge is 0.452 e. The molecule has 0 saturated heterocycles. The average molecular weight is 413 g/mol. The number of para-hydroxylation sites is 1. The Balaban J connectivity index is 1.71. The van der Waals surface area contributed by atoms with Gasteiger partial charge in [0.25, 0.3) is 5.69 Å². The maximum atomic E-state index is 13.0. The van der Waals surface area contributed by atoms with E-state index in [9.17, 15) is 19.7 Å². The first kappa shape index (κ1) is 19.8. The van der Waals surface area contributed by atoms with Gasteiger partial charge in [-0.1, -0.05) is 54.6 Å². The molecule has 0 fully saturated rings. The predicted molar refractivity (Wildman–Crippen MR) is 116 cm³/mol. The molecule has 1 aromatic heterocycles. The van der Waals surface area contributed by atoms with Gasteiger partial charge in [-0.2, -0.15) is 0 Å². The number of benzene rings is 3. The van der Waals surface area contributed by atoms with Crippen LogP contribution in [0.25, 0.3) is 28.4 Å². The fourth-order valence-corrected chi connectivity index (χ4v) is 3.04. The van der Waals surface area contributed by atoms with E-state index >= 15 is 0 Å². The standard InChI is InChI=1S/C24H15NO6/c26-21(14-13-16-7-6-10-18(15-16)25(28)29)31-24-22(27)19-11-4-5-12-20(19)30-23(24)17-8-2-1-3-9-17/h1-15H/b14-13+. The fraction of sp³-hybridized carbons (Fsp3) is 0. The summed E-state index contributed by atoms with van der Waals surface area (Å²) in [5, 5.41) is 11.2. The molecule has 0 radical (unpaired) electrons. The fourth-order valence-electron chi connectivity index (χ4n) is 3.04. The summed E-state index contributed by atoms with van der Waals surface area (Å²) in [6.45, 7) is 0. The van der Waals surface area contributed by atoms with E-state index in [0.29, 0.717) is 16.7 Å². The van der Waals surface area contributed by atoms with E-state index in [4.69, 9.17) is 9.15 Å². The second kappa shape index (κ2) is 8.46. The monoisotopic (exact) mass is 413 g/mol. The highest BCUT2D eigenvalue weighted by atomic mass is 16.6. The molecule has 0 spiro atoms. The van der Waals surface area contributed by atoms with E-state index in [1.165, 1.54) is 24.3 Å². The molecule has 3 aromatic carbocycles. The number of fused-ring (bicyclic) bond motifs is 1. The molecule has 0 aliphatic heterocycles. The van der Waals surface area contributed by atoms with Crippen molar-refractivity contribution in [1.82, 2.24) is 0 Å². The number of ether oxygens (including phenoxy) is 1. The summed E-state index contributed by atoms with van der Waals surface area (Å²) in [6.07, 6.45) is 2.47. The molecule has 0 amide bonds. The van der Waals surface area contributed by atoms with E-state index in [1.54, 1.807) is 54.6 Å². The molecule has 0 bridgehead atoms. The normalized spacial score (nSPS) is 11.0. The summed E-state index contributed by atoms with van der Waals surface area (Å²) in [6, 6.07) is 21.3. The topological polar surface area (TPSA) is 99.7 Å². The van der Waals surface area contributed by atoms with Gasteiger partial charge in [0.15, 0.2) is 5.76 Å². The number of hydrogen-bond acceptors (Lipinski definition) is 6. The lowest BCUT2D eigenvalue weighted by atomic mass is 10.1. The lowest BCUT2D eigenvalue weighted by Gasteiger charge is -2.09. The van der Waals surface area contributed by atoms with Crippen LogP contribution in [0.15, 0.2) is 94.2 Å². The Morgan fingerprint density at radius 1 is 0.968 bits per heavy atom. The molecule has 4 rings (SSSR count). The van der Waals surface area contributed by atoms with Crippen molar-refractivity contribution in [2.24, 2.45) is 0 Å². The molecular weight excluding hydrogens is 398 g/mol. The van der Waals surface area contributed by atoms with Gasteiger partial charge in [-0.15, -0.1) is 0 Å². The molecule has 31 heavy (non-hydrogen) atoms. The van der Waals surface area contributed by atoms with Crippen molar-refractivity contribution in [2.75, 3.05) is 0 Å². The van der Waals surface area contributed by atoms with E-state index in [1.807, 2.05) is 6.07 Å². The summed E-state index contributed by atoms with van der Waals surface area (Å²) in [4.78, 5) is 35.8. The quantitative estimate of drug-likeness (QED) is 0.198. The molecule has 7 heteroatoms. The smallest absolute Gasteiger partial charge is 0.336 e. The van der Waals surface area contributed by atoms with E-state index in [-0.39, 0.29) is 22.6 Å². The minimum absolute atomic E-state index is 0.0999. The Morgan fingerprint density at radius 3 is 2.48 bits per heavy atom. The Kier molecular flexibility index (Phi) is 5.40. The van der Waals surface area contributed by atoms with Crippen molar-refractivity contribution in [3.63, 3.8) is 0 Å².